The van der Waals surface area contributed by atoms with Gasteiger partial charge < -0.3 is 29.2 Å². The monoisotopic (exact) mass is 439 g/mol. The molecule has 31 heavy (non-hydrogen) atoms. The van der Waals surface area contributed by atoms with E-state index < -0.39 is 0 Å². The molecule has 160 valence electrons. The molecule has 2 aromatic carbocycles. The van der Waals surface area contributed by atoms with Gasteiger partial charge in [0, 0.05) is 23.9 Å². The molecule has 0 atom stereocenters. The SMILES string of the molecule is COc1ccccc1SNc1noc2cc(Cn3cc(CN)cn3)c3c(c12)OCCO3. The van der Waals surface area contributed by atoms with Crippen LogP contribution in [0.1, 0.15) is 11.1 Å². The quantitative estimate of drug-likeness (QED) is 0.419. The van der Waals surface area contributed by atoms with Crippen LogP contribution in [0.5, 0.6) is 17.2 Å². The summed E-state index contributed by atoms with van der Waals surface area (Å²) in [6, 6.07) is 9.66. The molecule has 3 heterocycles. The minimum atomic E-state index is 0.442. The van der Waals surface area contributed by atoms with Crippen LogP contribution < -0.4 is 24.7 Å². The number of nitrogens with two attached hydrogens (primary N) is 1. The van der Waals surface area contributed by atoms with Crippen LogP contribution in [0.25, 0.3) is 11.0 Å². The number of anilines is 1. The Kier molecular flexibility index (Phi) is 5.31. The Balaban J connectivity index is 1.49. The lowest BCUT2D eigenvalue weighted by atomic mass is 10.1. The summed E-state index contributed by atoms with van der Waals surface area (Å²) >= 11 is 1.39. The largest absolute Gasteiger partial charge is 0.496 e. The van der Waals surface area contributed by atoms with Gasteiger partial charge in [-0.15, -0.1) is 0 Å². The maximum absolute atomic E-state index is 5.99. The Morgan fingerprint density at radius 3 is 2.87 bits per heavy atom. The van der Waals surface area contributed by atoms with Crippen LogP contribution in [-0.4, -0.2) is 35.3 Å². The van der Waals surface area contributed by atoms with Crippen molar-refractivity contribution in [1.82, 2.24) is 14.9 Å². The van der Waals surface area contributed by atoms with Gasteiger partial charge in [-0.1, -0.05) is 17.3 Å². The van der Waals surface area contributed by atoms with Gasteiger partial charge in [-0.25, -0.2) is 0 Å². The summed E-state index contributed by atoms with van der Waals surface area (Å²) in [6.07, 6.45) is 3.67. The average molecular weight is 439 g/mol. The summed E-state index contributed by atoms with van der Waals surface area (Å²) in [7, 11) is 1.64. The minimum Gasteiger partial charge on any atom is -0.496 e. The first-order valence-electron chi connectivity index (χ1n) is 9.75. The molecule has 0 saturated carbocycles. The first kappa shape index (κ1) is 19.6. The van der Waals surface area contributed by atoms with Crippen molar-refractivity contribution in [2.75, 3.05) is 25.0 Å². The molecular formula is C21H21N5O4S. The Bertz CT molecular complexity index is 1220. The lowest BCUT2D eigenvalue weighted by molar-refractivity contribution is 0.172. The normalized spacial score (nSPS) is 12.8. The summed E-state index contributed by atoms with van der Waals surface area (Å²) in [5, 5.41) is 9.32. The van der Waals surface area contributed by atoms with E-state index in [1.165, 1.54) is 11.9 Å². The van der Waals surface area contributed by atoms with Crippen LogP contribution in [-0.2, 0) is 13.1 Å². The van der Waals surface area contributed by atoms with Crippen LogP contribution in [0.15, 0.2) is 52.1 Å². The van der Waals surface area contributed by atoms with Crippen molar-refractivity contribution in [3.8, 4) is 17.2 Å². The van der Waals surface area contributed by atoms with Crippen molar-refractivity contribution < 1.29 is 18.7 Å². The molecule has 5 rings (SSSR count). The minimum absolute atomic E-state index is 0.442. The van der Waals surface area contributed by atoms with Crippen molar-refractivity contribution >= 4 is 28.7 Å². The smallest absolute Gasteiger partial charge is 0.191 e. The molecule has 0 bridgehead atoms. The topological polar surface area (TPSA) is 110 Å². The third kappa shape index (κ3) is 3.75. The van der Waals surface area contributed by atoms with Crippen molar-refractivity contribution in [1.29, 1.82) is 0 Å². The first-order valence-corrected chi connectivity index (χ1v) is 10.6. The van der Waals surface area contributed by atoms with E-state index in [4.69, 9.17) is 24.5 Å². The van der Waals surface area contributed by atoms with E-state index in [1.54, 1.807) is 13.3 Å². The van der Waals surface area contributed by atoms with Gasteiger partial charge in [0.15, 0.2) is 22.9 Å². The number of rotatable bonds is 7. The number of nitrogens with zero attached hydrogens (tertiary/aromatic N) is 3. The molecular weight excluding hydrogens is 418 g/mol. The molecule has 9 nitrogen and oxygen atoms in total. The molecule has 0 saturated heterocycles. The van der Waals surface area contributed by atoms with E-state index in [9.17, 15) is 0 Å². The molecule has 3 N–H and O–H groups in total. The van der Waals surface area contributed by atoms with Crippen LogP contribution in [0.2, 0.25) is 0 Å². The zero-order chi connectivity index (χ0) is 21.2. The van der Waals surface area contributed by atoms with Gasteiger partial charge >= 0.3 is 0 Å². The maximum Gasteiger partial charge on any atom is 0.191 e. The summed E-state index contributed by atoms with van der Waals surface area (Å²) in [4.78, 5) is 0.929. The molecule has 4 aromatic rings. The first-order chi connectivity index (χ1) is 15.3. The van der Waals surface area contributed by atoms with Gasteiger partial charge in [0.1, 0.15) is 24.3 Å². The fourth-order valence-corrected chi connectivity index (χ4v) is 4.20. The fraction of sp³-hybridized carbons (Fsp3) is 0.238. The summed E-state index contributed by atoms with van der Waals surface area (Å²) < 4.78 is 28.1. The molecule has 0 fully saturated rings. The lowest BCUT2D eigenvalue weighted by Crippen LogP contribution is -2.17. The highest BCUT2D eigenvalue weighted by Gasteiger charge is 2.26. The number of hydrogen-bond acceptors (Lipinski definition) is 9. The van der Waals surface area contributed by atoms with Crippen molar-refractivity contribution in [3.05, 3.63) is 53.9 Å². The van der Waals surface area contributed by atoms with Crippen molar-refractivity contribution in [2.24, 2.45) is 5.73 Å². The Morgan fingerprint density at radius 2 is 2.06 bits per heavy atom. The van der Waals surface area contributed by atoms with Gasteiger partial charge in [-0.05, 0) is 30.1 Å². The molecule has 0 unspecified atom stereocenters. The lowest BCUT2D eigenvalue weighted by Gasteiger charge is -2.22. The Hall–Kier alpha value is -3.37. The van der Waals surface area contributed by atoms with Gasteiger partial charge in [-0.3, -0.25) is 4.68 Å². The number of hydrogen-bond donors (Lipinski definition) is 2. The zero-order valence-corrected chi connectivity index (χ0v) is 17.6. The highest BCUT2D eigenvalue weighted by atomic mass is 32.2. The van der Waals surface area contributed by atoms with E-state index >= 15 is 0 Å². The van der Waals surface area contributed by atoms with E-state index in [1.807, 2.05) is 41.2 Å². The number of methoxy groups -OCH3 is 1. The van der Waals surface area contributed by atoms with Gasteiger partial charge in [0.05, 0.1) is 24.7 Å². The third-order valence-electron chi connectivity index (χ3n) is 4.91. The Morgan fingerprint density at radius 1 is 1.23 bits per heavy atom. The van der Waals surface area contributed by atoms with Crippen molar-refractivity contribution in [2.45, 2.75) is 18.0 Å². The van der Waals surface area contributed by atoms with Gasteiger partial charge in [0.2, 0.25) is 0 Å². The van der Waals surface area contributed by atoms with Crippen LogP contribution in [0.3, 0.4) is 0 Å². The number of benzene rings is 2. The Labute approximate surface area is 182 Å². The van der Waals surface area contributed by atoms with Crippen LogP contribution in [0.4, 0.5) is 5.82 Å². The van der Waals surface area contributed by atoms with E-state index in [2.05, 4.69) is 15.0 Å². The molecule has 0 radical (unpaired) electrons. The fourth-order valence-electron chi connectivity index (χ4n) is 3.45. The second kappa shape index (κ2) is 8.40. The number of nitrogens with one attached hydrogen (secondary N) is 1. The predicted molar refractivity (Wildman–Crippen MR) is 117 cm³/mol. The molecule has 10 heteroatoms. The highest BCUT2D eigenvalue weighted by molar-refractivity contribution is 8.00. The molecule has 0 spiro atoms. The zero-order valence-electron chi connectivity index (χ0n) is 16.8. The number of fused-ring (bicyclic) bond motifs is 3. The van der Waals surface area contributed by atoms with Crippen molar-refractivity contribution in [3.63, 3.8) is 0 Å². The highest BCUT2D eigenvalue weighted by Crippen LogP contribution is 2.45. The standard InChI is InChI=1S/C21H21N5O4S/c1-27-15-4-2-3-5-17(15)31-25-21-18-16(30-24-21)8-14(19-20(18)29-7-6-28-19)12-26-11-13(9-22)10-23-26/h2-5,8,10-11H,6-7,9,12,22H2,1H3,(H,24,25). The average Bonchev–Trinajstić information content (AvgIpc) is 3.44. The molecule has 1 aliphatic rings. The molecule has 0 amide bonds. The van der Waals surface area contributed by atoms with Gasteiger partial charge in [-0.2, -0.15) is 5.10 Å². The number of aromatic nitrogens is 3. The molecule has 1 aliphatic heterocycles. The third-order valence-corrected chi connectivity index (χ3v) is 5.76. The summed E-state index contributed by atoms with van der Waals surface area (Å²) in [6.45, 7) is 1.87. The summed E-state index contributed by atoms with van der Waals surface area (Å²) in [5.74, 6) is 2.63. The van der Waals surface area contributed by atoms with E-state index in [-0.39, 0.29) is 0 Å². The molecule has 2 aromatic heterocycles. The van der Waals surface area contributed by atoms with Gasteiger partial charge in [0.25, 0.3) is 0 Å². The second-order valence-electron chi connectivity index (χ2n) is 6.90. The van der Waals surface area contributed by atoms with Crippen LogP contribution in [0, 0.1) is 0 Å². The van der Waals surface area contributed by atoms with E-state index in [0.717, 1.165) is 27.2 Å². The summed E-state index contributed by atoms with van der Waals surface area (Å²) in [5.41, 5.74) is 8.16. The predicted octanol–water partition coefficient (Wildman–Crippen LogP) is 3.43. The molecule has 0 aliphatic carbocycles. The number of ether oxygens (including phenoxy) is 3. The van der Waals surface area contributed by atoms with E-state index in [0.29, 0.717) is 49.2 Å². The van der Waals surface area contributed by atoms with Crippen LogP contribution >= 0.6 is 11.9 Å². The maximum atomic E-state index is 5.99. The second-order valence-corrected chi connectivity index (χ2v) is 7.75. The number of para-hydroxylation sites is 1.